The summed E-state index contributed by atoms with van der Waals surface area (Å²) in [6, 6.07) is 5.98. The molecule has 0 saturated heterocycles. The average molecular weight is 315 g/mol. The summed E-state index contributed by atoms with van der Waals surface area (Å²) in [6.07, 6.45) is 2.70. The molecule has 0 amide bonds. The maximum absolute atomic E-state index is 13.3. The van der Waals surface area contributed by atoms with E-state index in [2.05, 4.69) is 33.1 Å². The van der Waals surface area contributed by atoms with Gasteiger partial charge >= 0.3 is 0 Å². The van der Waals surface area contributed by atoms with Crippen LogP contribution in [0.25, 0.3) is 0 Å². The first-order valence-electron chi connectivity index (χ1n) is 6.60. The molecule has 0 aromatic heterocycles. The fourth-order valence-corrected chi connectivity index (χ4v) is 2.57. The summed E-state index contributed by atoms with van der Waals surface area (Å²) in [4.78, 5) is 2.51. The van der Waals surface area contributed by atoms with Crippen LogP contribution in [0.15, 0.2) is 22.7 Å². The number of hydrogen-bond donors (Lipinski definition) is 1. The van der Waals surface area contributed by atoms with E-state index in [1.807, 2.05) is 6.07 Å². The van der Waals surface area contributed by atoms with Crippen molar-refractivity contribution in [3.8, 4) is 0 Å². The number of benzene rings is 1. The Morgan fingerprint density at radius 3 is 2.89 bits per heavy atom. The summed E-state index contributed by atoms with van der Waals surface area (Å²) < 4.78 is 13.9. The minimum absolute atomic E-state index is 0.192. The van der Waals surface area contributed by atoms with E-state index < -0.39 is 0 Å². The second kappa shape index (κ2) is 6.64. The minimum atomic E-state index is -0.192. The highest BCUT2D eigenvalue weighted by molar-refractivity contribution is 9.10. The third-order valence-corrected chi connectivity index (χ3v) is 4.28. The summed E-state index contributed by atoms with van der Waals surface area (Å²) in [5, 5.41) is 3.38. The Kier molecular flexibility index (Phi) is 5.15. The molecule has 100 valence electrons. The van der Waals surface area contributed by atoms with Crippen molar-refractivity contribution >= 4 is 15.9 Å². The zero-order valence-electron chi connectivity index (χ0n) is 10.8. The molecule has 0 bridgehead atoms. The van der Waals surface area contributed by atoms with E-state index in [0.29, 0.717) is 11.0 Å². The van der Waals surface area contributed by atoms with E-state index in [1.165, 1.54) is 18.9 Å². The number of nitrogens with one attached hydrogen (secondary N) is 1. The van der Waals surface area contributed by atoms with E-state index in [1.54, 1.807) is 6.07 Å². The maximum Gasteiger partial charge on any atom is 0.137 e. The molecule has 1 N–H and O–H groups in total. The van der Waals surface area contributed by atoms with Crippen molar-refractivity contribution in [3.63, 3.8) is 0 Å². The second-order valence-electron chi connectivity index (χ2n) is 4.75. The quantitative estimate of drug-likeness (QED) is 0.778. The Bertz CT molecular complexity index is 393. The Morgan fingerprint density at radius 2 is 2.22 bits per heavy atom. The lowest BCUT2D eigenvalue weighted by Gasteiger charge is -2.19. The third kappa shape index (κ3) is 3.77. The van der Waals surface area contributed by atoms with Crippen molar-refractivity contribution in [2.24, 2.45) is 0 Å². The van der Waals surface area contributed by atoms with Crippen LogP contribution in [-0.4, -0.2) is 30.6 Å². The molecule has 1 aliphatic carbocycles. The van der Waals surface area contributed by atoms with Crippen LogP contribution < -0.4 is 5.32 Å². The lowest BCUT2D eigenvalue weighted by molar-refractivity contribution is 0.277. The number of rotatable bonds is 7. The molecular weight excluding hydrogens is 295 g/mol. The Hall–Kier alpha value is -0.450. The van der Waals surface area contributed by atoms with Crippen molar-refractivity contribution in [2.45, 2.75) is 32.4 Å². The van der Waals surface area contributed by atoms with Crippen molar-refractivity contribution < 1.29 is 4.39 Å². The summed E-state index contributed by atoms with van der Waals surface area (Å²) >= 11 is 3.28. The molecular formula is C14H20BrFN2. The SMILES string of the molecule is CCN(CCNCc1cccc(F)c1Br)C1CC1. The monoisotopic (exact) mass is 314 g/mol. The van der Waals surface area contributed by atoms with Gasteiger partial charge in [0.25, 0.3) is 0 Å². The highest BCUT2D eigenvalue weighted by Gasteiger charge is 2.26. The molecule has 0 atom stereocenters. The highest BCUT2D eigenvalue weighted by atomic mass is 79.9. The standard InChI is InChI=1S/C14H20BrFN2/c1-2-18(12-6-7-12)9-8-17-10-11-4-3-5-13(16)14(11)15/h3-5,12,17H,2,6-10H2,1H3. The molecule has 0 radical (unpaired) electrons. The largest absolute Gasteiger partial charge is 0.311 e. The van der Waals surface area contributed by atoms with Gasteiger partial charge in [-0.1, -0.05) is 19.1 Å². The van der Waals surface area contributed by atoms with E-state index in [0.717, 1.165) is 31.2 Å². The first-order chi connectivity index (χ1) is 8.72. The summed E-state index contributed by atoms with van der Waals surface area (Å²) in [5.74, 6) is -0.192. The zero-order valence-corrected chi connectivity index (χ0v) is 12.3. The van der Waals surface area contributed by atoms with Crippen LogP contribution in [0.1, 0.15) is 25.3 Å². The Balaban J connectivity index is 1.73. The van der Waals surface area contributed by atoms with E-state index >= 15 is 0 Å². The molecule has 0 heterocycles. The summed E-state index contributed by atoms with van der Waals surface area (Å²) in [5.41, 5.74) is 0.976. The van der Waals surface area contributed by atoms with Crippen LogP contribution in [0.4, 0.5) is 4.39 Å². The van der Waals surface area contributed by atoms with Crippen LogP contribution in [0.3, 0.4) is 0 Å². The topological polar surface area (TPSA) is 15.3 Å². The smallest absolute Gasteiger partial charge is 0.137 e. The molecule has 1 saturated carbocycles. The summed E-state index contributed by atoms with van der Waals surface area (Å²) in [6.45, 7) is 6.07. The fourth-order valence-electron chi connectivity index (χ4n) is 2.17. The van der Waals surface area contributed by atoms with Gasteiger partial charge in [0.2, 0.25) is 0 Å². The van der Waals surface area contributed by atoms with Gasteiger partial charge < -0.3 is 5.32 Å². The van der Waals surface area contributed by atoms with E-state index in [-0.39, 0.29) is 5.82 Å². The number of hydrogen-bond acceptors (Lipinski definition) is 2. The third-order valence-electron chi connectivity index (χ3n) is 3.39. The van der Waals surface area contributed by atoms with Gasteiger partial charge in [0.05, 0.1) is 4.47 Å². The van der Waals surface area contributed by atoms with E-state index in [9.17, 15) is 4.39 Å². The Labute approximate surface area is 117 Å². The van der Waals surface area contributed by atoms with Crippen molar-refractivity contribution in [2.75, 3.05) is 19.6 Å². The van der Waals surface area contributed by atoms with Gasteiger partial charge in [-0.15, -0.1) is 0 Å². The molecule has 1 fully saturated rings. The van der Waals surface area contributed by atoms with Crippen LogP contribution in [0.5, 0.6) is 0 Å². The van der Waals surface area contributed by atoms with Crippen LogP contribution >= 0.6 is 15.9 Å². The lowest BCUT2D eigenvalue weighted by atomic mass is 10.2. The first kappa shape index (κ1) is 14.0. The molecule has 4 heteroatoms. The van der Waals surface area contributed by atoms with Crippen molar-refractivity contribution in [1.29, 1.82) is 0 Å². The molecule has 0 unspecified atom stereocenters. The fraction of sp³-hybridized carbons (Fsp3) is 0.571. The van der Waals surface area contributed by atoms with Gasteiger partial charge in [0, 0.05) is 25.7 Å². The van der Waals surface area contributed by atoms with Gasteiger partial charge in [-0.3, -0.25) is 4.90 Å². The molecule has 0 aliphatic heterocycles. The summed E-state index contributed by atoms with van der Waals surface area (Å²) in [7, 11) is 0. The van der Waals surface area contributed by atoms with Crippen LogP contribution in [0.2, 0.25) is 0 Å². The number of halogens is 2. The molecule has 18 heavy (non-hydrogen) atoms. The first-order valence-corrected chi connectivity index (χ1v) is 7.39. The lowest BCUT2D eigenvalue weighted by Crippen LogP contribution is -2.33. The average Bonchev–Trinajstić information content (AvgIpc) is 3.19. The van der Waals surface area contributed by atoms with Gasteiger partial charge in [0.15, 0.2) is 0 Å². The zero-order chi connectivity index (χ0) is 13.0. The van der Waals surface area contributed by atoms with Crippen molar-refractivity contribution in [3.05, 3.63) is 34.1 Å². The van der Waals surface area contributed by atoms with E-state index in [4.69, 9.17) is 0 Å². The van der Waals surface area contributed by atoms with Gasteiger partial charge in [-0.05, 0) is 46.9 Å². The number of likely N-dealkylation sites (N-methyl/N-ethyl adjacent to an activating group) is 1. The van der Waals surface area contributed by atoms with Gasteiger partial charge in [-0.2, -0.15) is 0 Å². The molecule has 2 nitrogen and oxygen atoms in total. The number of nitrogens with zero attached hydrogens (tertiary/aromatic N) is 1. The molecule has 1 aromatic carbocycles. The van der Waals surface area contributed by atoms with Crippen LogP contribution in [-0.2, 0) is 6.54 Å². The van der Waals surface area contributed by atoms with Crippen molar-refractivity contribution in [1.82, 2.24) is 10.2 Å². The Morgan fingerprint density at radius 1 is 1.44 bits per heavy atom. The molecule has 0 spiro atoms. The van der Waals surface area contributed by atoms with Gasteiger partial charge in [0.1, 0.15) is 5.82 Å². The molecule has 2 rings (SSSR count). The predicted octanol–water partition coefficient (Wildman–Crippen LogP) is 3.16. The predicted molar refractivity (Wildman–Crippen MR) is 76.1 cm³/mol. The minimum Gasteiger partial charge on any atom is -0.311 e. The molecule has 1 aromatic rings. The van der Waals surface area contributed by atoms with Crippen LogP contribution in [0, 0.1) is 5.82 Å². The normalized spacial score (nSPS) is 15.3. The maximum atomic E-state index is 13.3. The highest BCUT2D eigenvalue weighted by Crippen LogP contribution is 2.25. The van der Waals surface area contributed by atoms with Gasteiger partial charge in [-0.25, -0.2) is 4.39 Å². The second-order valence-corrected chi connectivity index (χ2v) is 5.54. The molecule has 1 aliphatic rings.